The number of likely N-dealkylation sites (N-methyl/N-ethyl adjacent to an activating group) is 1. The summed E-state index contributed by atoms with van der Waals surface area (Å²) in [6.45, 7) is 4.19. The van der Waals surface area contributed by atoms with Gasteiger partial charge in [-0.15, -0.1) is 0 Å². The number of hydrogen-bond donors (Lipinski definition) is 3. The van der Waals surface area contributed by atoms with Gasteiger partial charge in [-0.1, -0.05) is 0 Å². The quantitative estimate of drug-likeness (QED) is 0.285. The fourth-order valence-corrected chi connectivity index (χ4v) is 1.38. The van der Waals surface area contributed by atoms with Crippen molar-refractivity contribution in [3.8, 4) is 0 Å². The van der Waals surface area contributed by atoms with Crippen molar-refractivity contribution in [1.29, 1.82) is 0 Å². The van der Waals surface area contributed by atoms with Crippen molar-refractivity contribution in [3.63, 3.8) is 0 Å². The molecule has 0 saturated heterocycles. The maximum atomic E-state index is 11.6. The molecule has 9 heteroatoms. The van der Waals surface area contributed by atoms with Crippen LogP contribution in [0, 0.1) is 0 Å². The van der Waals surface area contributed by atoms with Crippen LogP contribution in [-0.2, 0) is 23.9 Å². The molecule has 0 spiro atoms. The molecule has 126 valence electrons. The first-order valence-electron chi connectivity index (χ1n) is 6.65. The summed E-state index contributed by atoms with van der Waals surface area (Å²) in [5.41, 5.74) is -0.624. The molecule has 0 unspecified atom stereocenters. The summed E-state index contributed by atoms with van der Waals surface area (Å²) in [7, 11) is 1.52. The molecule has 3 N–H and O–H groups in total. The Morgan fingerprint density at radius 1 is 1.00 bits per heavy atom. The second-order valence-corrected chi connectivity index (χ2v) is 5.71. The SMILES string of the molecule is CN(CC(=O)NCC(=O)OC(C)(C)C)CC(=O)[15NH][13CH2][13C](=O)O. The van der Waals surface area contributed by atoms with Gasteiger partial charge in [0.05, 0.1) is 13.1 Å². The van der Waals surface area contributed by atoms with Crippen LogP contribution >= 0.6 is 0 Å². The number of carboxylic acid groups (broad SMARTS) is 1. The van der Waals surface area contributed by atoms with Gasteiger partial charge in [-0.05, 0) is 27.8 Å². The molecule has 0 aromatic carbocycles. The summed E-state index contributed by atoms with van der Waals surface area (Å²) in [5.74, 6) is -2.65. The predicted molar refractivity (Wildman–Crippen MR) is 77.0 cm³/mol. The third-order valence-electron chi connectivity index (χ3n) is 2.11. The van der Waals surface area contributed by atoms with Crippen LogP contribution in [0.15, 0.2) is 0 Å². The van der Waals surface area contributed by atoms with E-state index < -0.39 is 35.9 Å². The van der Waals surface area contributed by atoms with Gasteiger partial charge in [0, 0.05) is 0 Å². The fourth-order valence-electron chi connectivity index (χ4n) is 1.38. The normalized spacial score (nSPS) is 11.0. The average molecular weight is 320 g/mol. The van der Waals surface area contributed by atoms with E-state index in [4.69, 9.17) is 9.84 Å². The number of aliphatic carboxylic acids is 1. The Morgan fingerprint density at radius 3 is 1.86 bits per heavy atom. The highest BCUT2D eigenvalue weighted by Crippen LogP contribution is 2.06. The van der Waals surface area contributed by atoms with Crippen molar-refractivity contribution in [1.82, 2.24) is 15.5 Å². The Labute approximate surface area is 129 Å². The number of nitrogens with zero attached hydrogens (tertiary/aromatic N) is 1. The molecule has 0 rings (SSSR count). The van der Waals surface area contributed by atoms with Crippen LogP contribution in [0.1, 0.15) is 20.8 Å². The number of ether oxygens (including phenoxy) is 1. The molecule has 22 heavy (non-hydrogen) atoms. The molecule has 0 heterocycles. The Bertz CT molecular complexity index is 430. The topological polar surface area (TPSA) is 125 Å². The number of carbonyl (C=O) groups excluding carboxylic acids is 3. The third kappa shape index (κ3) is 11.6. The van der Waals surface area contributed by atoms with Gasteiger partial charge in [-0.25, -0.2) is 0 Å². The standard InChI is InChI=1S/C13H23N3O6/c1-13(2,3)22-12(21)6-15-10(18)8-16(4)7-9(17)14-5-11(19)20/h5-8H2,1-4H3,(H,14,17)(H,15,18)(H,19,20)/i5+1,11+1,14+1. The molecule has 0 saturated carbocycles. The van der Waals surface area contributed by atoms with Crippen LogP contribution in [0.4, 0.5) is 0 Å². The Kier molecular flexibility index (Phi) is 8.10. The van der Waals surface area contributed by atoms with Gasteiger partial charge >= 0.3 is 11.9 Å². The van der Waals surface area contributed by atoms with Crippen LogP contribution in [0.25, 0.3) is 0 Å². The molecule has 0 bridgehead atoms. The molecule has 0 aliphatic heterocycles. The first-order valence-corrected chi connectivity index (χ1v) is 6.65. The molecule has 0 aromatic heterocycles. The van der Waals surface area contributed by atoms with E-state index in [0.717, 1.165) is 0 Å². The minimum atomic E-state index is -1.15. The highest BCUT2D eigenvalue weighted by molar-refractivity contribution is 5.85. The summed E-state index contributed by atoms with van der Waals surface area (Å²) >= 11 is 0. The number of nitrogens with one attached hydrogen (secondary N) is 2. The number of rotatable bonds is 8. The van der Waals surface area contributed by atoms with E-state index in [2.05, 4.69) is 10.6 Å². The number of esters is 1. The Balaban J connectivity index is 3.98. The second kappa shape index (κ2) is 8.98. The molecule has 0 fully saturated rings. The van der Waals surface area contributed by atoms with Gasteiger partial charge in [0.15, 0.2) is 0 Å². The van der Waals surface area contributed by atoms with Crippen LogP contribution in [0.3, 0.4) is 0 Å². The van der Waals surface area contributed by atoms with Gasteiger partial charge in [-0.2, -0.15) is 0 Å². The molecule has 0 atom stereocenters. The molecule has 0 aliphatic rings. The fraction of sp³-hybridized carbons (Fsp3) is 0.692. The average Bonchev–Trinajstić information content (AvgIpc) is 2.31. The number of carbonyl (C=O) groups is 4. The van der Waals surface area contributed by atoms with Gasteiger partial charge in [0.25, 0.3) is 0 Å². The third-order valence-corrected chi connectivity index (χ3v) is 2.11. The smallest absolute Gasteiger partial charge is 0.325 e. The number of amides is 2. The zero-order valence-corrected chi connectivity index (χ0v) is 13.3. The second-order valence-electron chi connectivity index (χ2n) is 5.71. The number of carboxylic acids is 1. The van der Waals surface area contributed by atoms with E-state index in [0.29, 0.717) is 0 Å². The van der Waals surface area contributed by atoms with E-state index >= 15 is 0 Å². The molecule has 0 aromatic rings. The van der Waals surface area contributed by atoms with Crippen molar-refractivity contribution < 1.29 is 29.0 Å². The molecule has 0 radical (unpaired) electrons. The first-order chi connectivity index (χ1) is 9.99. The Morgan fingerprint density at radius 2 is 1.45 bits per heavy atom. The van der Waals surface area contributed by atoms with Crippen LogP contribution in [0.5, 0.6) is 0 Å². The van der Waals surface area contributed by atoms with Crippen molar-refractivity contribution in [2.75, 3.05) is 33.2 Å². The summed E-state index contributed by atoms with van der Waals surface area (Å²) in [6, 6.07) is 0. The summed E-state index contributed by atoms with van der Waals surface area (Å²) < 4.78 is 5.03. The molecule has 9 nitrogen and oxygen atoms in total. The van der Waals surface area contributed by atoms with Crippen molar-refractivity contribution in [3.05, 3.63) is 0 Å². The van der Waals surface area contributed by atoms with Crippen molar-refractivity contribution in [2.24, 2.45) is 0 Å². The lowest BCUT2D eigenvalue weighted by Crippen LogP contribution is -2.43. The largest absolute Gasteiger partial charge is 0.480 e. The molecule has 0 aliphatic carbocycles. The number of hydrogen-bond acceptors (Lipinski definition) is 6. The van der Waals surface area contributed by atoms with Crippen LogP contribution in [0.2, 0.25) is 0 Å². The zero-order chi connectivity index (χ0) is 17.3. The van der Waals surface area contributed by atoms with Crippen molar-refractivity contribution in [2.45, 2.75) is 26.4 Å². The predicted octanol–water partition coefficient (Wildman–Crippen LogP) is -1.42. The summed E-state index contributed by atoms with van der Waals surface area (Å²) in [6.07, 6.45) is 0. The molecular weight excluding hydrogens is 297 g/mol. The maximum absolute atomic E-state index is 11.6. The van der Waals surface area contributed by atoms with Crippen LogP contribution < -0.4 is 10.6 Å². The minimum Gasteiger partial charge on any atom is -0.480 e. The highest BCUT2D eigenvalue weighted by Gasteiger charge is 2.17. The Hall–Kier alpha value is -2.16. The lowest BCUT2D eigenvalue weighted by molar-refractivity contribution is -0.154. The lowest BCUT2D eigenvalue weighted by atomic mass is 10.2. The summed E-state index contributed by atoms with van der Waals surface area (Å²) in [5, 5.41) is 13.0. The lowest BCUT2D eigenvalue weighted by Gasteiger charge is -2.20. The summed E-state index contributed by atoms with van der Waals surface area (Å²) in [4.78, 5) is 46.0. The zero-order valence-electron chi connectivity index (χ0n) is 13.3. The molecule has 2 amide bonds. The van der Waals surface area contributed by atoms with Gasteiger partial charge in [-0.3, -0.25) is 24.1 Å². The van der Waals surface area contributed by atoms with Gasteiger partial charge < -0.3 is 20.5 Å². The van der Waals surface area contributed by atoms with E-state index in [-0.39, 0.29) is 19.6 Å². The van der Waals surface area contributed by atoms with E-state index in [9.17, 15) is 19.2 Å². The van der Waals surface area contributed by atoms with Crippen molar-refractivity contribution >= 4 is 23.8 Å². The maximum Gasteiger partial charge on any atom is 0.325 e. The van der Waals surface area contributed by atoms with E-state index in [1.165, 1.54) is 11.9 Å². The van der Waals surface area contributed by atoms with E-state index in [1.807, 2.05) is 0 Å². The van der Waals surface area contributed by atoms with E-state index in [1.54, 1.807) is 20.8 Å². The van der Waals surface area contributed by atoms with Gasteiger partial charge in [0.1, 0.15) is 18.7 Å². The first kappa shape index (κ1) is 19.8. The van der Waals surface area contributed by atoms with Crippen LogP contribution in [-0.4, -0.2) is 72.6 Å². The van der Waals surface area contributed by atoms with Gasteiger partial charge in [0.2, 0.25) is 11.8 Å². The monoisotopic (exact) mass is 320 g/mol. The highest BCUT2D eigenvalue weighted by atomic mass is 16.6. The molecular formula is C13H23N3O6. The minimum absolute atomic E-state index is 0.108.